The van der Waals surface area contributed by atoms with Crippen LogP contribution in [0.3, 0.4) is 0 Å². The van der Waals surface area contributed by atoms with Crippen LogP contribution in [0.15, 0.2) is 59.8 Å². The third kappa shape index (κ3) is 6.85. The third-order valence-electron chi connectivity index (χ3n) is 5.66. The SMILES string of the molecule is COc1ccc(C=CC(=O)NC(CC2CCN(Cc3ccccc3)CC2)=NO)cc1OC. The van der Waals surface area contributed by atoms with Gasteiger partial charge in [-0.25, -0.2) is 0 Å². The summed E-state index contributed by atoms with van der Waals surface area (Å²) in [4.78, 5) is 14.7. The van der Waals surface area contributed by atoms with Crippen molar-refractivity contribution >= 4 is 17.8 Å². The molecule has 1 aliphatic heterocycles. The Morgan fingerprint density at radius 2 is 1.84 bits per heavy atom. The minimum absolute atomic E-state index is 0.300. The van der Waals surface area contributed by atoms with Crippen LogP contribution in [0.2, 0.25) is 0 Å². The fourth-order valence-electron chi connectivity index (χ4n) is 3.89. The van der Waals surface area contributed by atoms with Crippen molar-refractivity contribution in [2.24, 2.45) is 11.1 Å². The molecule has 0 aliphatic carbocycles. The van der Waals surface area contributed by atoms with E-state index in [9.17, 15) is 10.0 Å². The molecule has 0 bridgehead atoms. The molecule has 7 heteroatoms. The summed E-state index contributed by atoms with van der Waals surface area (Å²) in [6, 6.07) is 15.8. The van der Waals surface area contributed by atoms with Crippen LogP contribution in [0.4, 0.5) is 0 Å². The Balaban J connectivity index is 1.46. The van der Waals surface area contributed by atoms with E-state index in [2.05, 4.69) is 39.6 Å². The first-order valence-electron chi connectivity index (χ1n) is 10.8. The van der Waals surface area contributed by atoms with E-state index in [1.54, 1.807) is 32.4 Å². The molecule has 32 heavy (non-hydrogen) atoms. The van der Waals surface area contributed by atoms with Gasteiger partial charge in [0.05, 0.1) is 14.2 Å². The average Bonchev–Trinajstić information content (AvgIpc) is 2.84. The Morgan fingerprint density at radius 1 is 1.12 bits per heavy atom. The summed E-state index contributed by atoms with van der Waals surface area (Å²) in [7, 11) is 3.14. The predicted molar refractivity (Wildman–Crippen MR) is 125 cm³/mol. The summed E-state index contributed by atoms with van der Waals surface area (Å²) >= 11 is 0. The lowest BCUT2D eigenvalue weighted by molar-refractivity contribution is -0.115. The smallest absolute Gasteiger partial charge is 0.249 e. The monoisotopic (exact) mass is 437 g/mol. The summed E-state index contributed by atoms with van der Waals surface area (Å²) in [5.41, 5.74) is 2.11. The van der Waals surface area contributed by atoms with Gasteiger partial charge in [0.25, 0.3) is 0 Å². The summed E-state index contributed by atoms with van der Waals surface area (Å²) in [5, 5.41) is 15.4. The number of amides is 1. The topological polar surface area (TPSA) is 83.4 Å². The zero-order valence-corrected chi connectivity index (χ0v) is 18.7. The molecule has 0 radical (unpaired) electrons. The number of hydrogen-bond donors (Lipinski definition) is 2. The molecule has 1 saturated heterocycles. The molecular formula is C25H31N3O4. The number of methoxy groups -OCH3 is 2. The molecule has 170 valence electrons. The first kappa shape index (κ1) is 23.3. The van der Waals surface area contributed by atoms with Crippen LogP contribution in [-0.2, 0) is 11.3 Å². The largest absolute Gasteiger partial charge is 0.493 e. The molecule has 2 aromatic rings. The number of ether oxygens (including phenoxy) is 2. The van der Waals surface area contributed by atoms with Crippen molar-refractivity contribution in [1.29, 1.82) is 0 Å². The second-order valence-corrected chi connectivity index (χ2v) is 7.89. The molecule has 1 amide bonds. The molecule has 0 atom stereocenters. The van der Waals surface area contributed by atoms with E-state index in [0.29, 0.717) is 29.7 Å². The molecule has 0 saturated carbocycles. The van der Waals surface area contributed by atoms with Gasteiger partial charge in [-0.05, 0) is 61.2 Å². The van der Waals surface area contributed by atoms with Gasteiger partial charge < -0.3 is 20.0 Å². The molecule has 0 spiro atoms. The molecule has 0 aromatic heterocycles. The lowest BCUT2D eigenvalue weighted by atomic mass is 9.92. The Hall–Kier alpha value is -3.32. The van der Waals surface area contributed by atoms with E-state index >= 15 is 0 Å². The Bertz CT molecular complexity index is 935. The molecule has 7 nitrogen and oxygen atoms in total. The van der Waals surface area contributed by atoms with Crippen molar-refractivity contribution in [1.82, 2.24) is 10.2 Å². The molecule has 2 aromatic carbocycles. The summed E-state index contributed by atoms with van der Waals surface area (Å²) in [6.45, 7) is 2.93. The number of amidine groups is 1. The van der Waals surface area contributed by atoms with E-state index in [4.69, 9.17) is 9.47 Å². The van der Waals surface area contributed by atoms with Gasteiger partial charge in [-0.1, -0.05) is 41.6 Å². The molecular weight excluding hydrogens is 406 g/mol. The van der Waals surface area contributed by atoms with Gasteiger partial charge in [-0.2, -0.15) is 0 Å². The number of piperidine rings is 1. The van der Waals surface area contributed by atoms with Gasteiger partial charge in [0.1, 0.15) is 5.84 Å². The van der Waals surface area contributed by atoms with Gasteiger partial charge >= 0.3 is 0 Å². The van der Waals surface area contributed by atoms with Crippen LogP contribution in [-0.4, -0.2) is 49.2 Å². The van der Waals surface area contributed by atoms with Crippen molar-refractivity contribution in [3.8, 4) is 11.5 Å². The molecule has 2 N–H and O–H groups in total. The highest BCUT2D eigenvalue weighted by atomic mass is 16.5. The van der Waals surface area contributed by atoms with Crippen LogP contribution in [0.25, 0.3) is 6.08 Å². The highest BCUT2D eigenvalue weighted by molar-refractivity contribution is 6.04. The number of hydrogen-bond acceptors (Lipinski definition) is 6. The van der Waals surface area contributed by atoms with Crippen molar-refractivity contribution < 1.29 is 19.5 Å². The third-order valence-corrected chi connectivity index (χ3v) is 5.66. The molecule has 1 heterocycles. The van der Waals surface area contributed by atoms with Crippen LogP contribution in [0.5, 0.6) is 11.5 Å². The number of nitrogens with zero attached hydrogens (tertiary/aromatic N) is 2. The zero-order chi connectivity index (χ0) is 22.8. The minimum atomic E-state index is -0.339. The van der Waals surface area contributed by atoms with E-state index in [-0.39, 0.29) is 5.91 Å². The number of carbonyl (C=O) groups is 1. The zero-order valence-electron chi connectivity index (χ0n) is 18.7. The number of likely N-dealkylation sites (tertiary alicyclic amines) is 1. The Kier molecular flexibility index (Phi) is 8.69. The number of nitrogens with one attached hydrogen (secondary N) is 1. The van der Waals surface area contributed by atoms with Crippen molar-refractivity contribution in [2.75, 3.05) is 27.3 Å². The van der Waals surface area contributed by atoms with Crippen molar-refractivity contribution in [3.05, 3.63) is 65.7 Å². The predicted octanol–water partition coefficient (Wildman–Crippen LogP) is 3.92. The minimum Gasteiger partial charge on any atom is -0.493 e. The average molecular weight is 438 g/mol. The van der Waals surface area contributed by atoms with Crippen LogP contribution in [0, 0.1) is 5.92 Å². The van der Waals surface area contributed by atoms with E-state index in [1.807, 2.05) is 12.1 Å². The Morgan fingerprint density at radius 3 is 2.50 bits per heavy atom. The maximum Gasteiger partial charge on any atom is 0.249 e. The lowest BCUT2D eigenvalue weighted by Gasteiger charge is -2.32. The molecule has 0 unspecified atom stereocenters. The van der Waals surface area contributed by atoms with Gasteiger partial charge in [0.15, 0.2) is 11.5 Å². The maximum atomic E-state index is 12.3. The second-order valence-electron chi connectivity index (χ2n) is 7.89. The fraction of sp³-hybridized carbons (Fsp3) is 0.360. The van der Waals surface area contributed by atoms with Crippen LogP contribution in [0.1, 0.15) is 30.4 Å². The van der Waals surface area contributed by atoms with Crippen molar-refractivity contribution in [3.63, 3.8) is 0 Å². The number of oxime groups is 1. The second kappa shape index (κ2) is 11.9. The normalized spacial score (nSPS) is 15.6. The quantitative estimate of drug-likeness (QED) is 0.215. The highest BCUT2D eigenvalue weighted by Crippen LogP contribution is 2.28. The highest BCUT2D eigenvalue weighted by Gasteiger charge is 2.21. The number of rotatable bonds is 8. The lowest BCUT2D eigenvalue weighted by Crippen LogP contribution is -2.36. The van der Waals surface area contributed by atoms with Gasteiger partial charge in [0, 0.05) is 19.0 Å². The summed E-state index contributed by atoms with van der Waals surface area (Å²) < 4.78 is 10.5. The van der Waals surface area contributed by atoms with Crippen molar-refractivity contribution in [2.45, 2.75) is 25.8 Å². The molecule has 3 rings (SSSR count). The fourth-order valence-corrected chi connectivity index (χ4v) is 3.89. The van der Waals surface area contributed by atoms with E-state index < -0.39 is 0 Å². The Labute approximate surface area is 189 Å². The first-order chi connectivity index (χ1) is 15.6. The van der Waals surface area contributed by atoms with E-state index in [0.717, 1.165) is 38.0 Å². The molecule has 1 fully saturated rings. The summed E-state index contributed by atoms with van der Waals surface area (Å²) in [5.74, 6) is 1.55. The number of benzene rings is 2. The van der Waals surface area contributed by atoms with Gasteiger partial charge in [0.2, 0.25) is 5.91 Å². The van der Waals surface area contributed by atoms with Gasteiger partial charge in [-0.15, -0.1) is 0 Å². The maximum absolute atomic E-state index is 12.3. The first-order valence-corrected chi connectivity index (χ1v) is 10.8. The van der Waals surface area contributed by atoms with Crippen LogP contribution < -0.4 is 14.8 Å². The van der Waals surface area contributed by atoms with E-state index in [1.165, 1.54) is 11.6 Å². The van der Waals surface area contributed by atoms with Gasteiger partial charge in [-0.3, -0.25) is 9.69 Å². The standard InChI is InChI=1S/C25H31N3O4/c1-31-22-10-8-19(16-23(22)32-2)9-11-25(29)26-24(27-30)17-20-12-14-28(15-13-20)18-21-6-4-3-5-7-21/h3-11,16,20,30H,12-15,17-18H2,1-2H3,(H,26,27,29). The summed E-state index contributed by atoms with van der Waals surface area (Å²) in [6.07, 6.45) is 5.64. The number of carbonyl (C=O) groups excluding carboxylic acids is 1. The van der Waals surface area contributed by atoms with Crippen LogP contribution >= 0.6 is 0 Å². The molecule has 1 aliphatic rings.